The maximum atomic E-state index is 4.69. The van der Waals surface area contributed by atoms with Gasteiger partial charge in [-0.15, -0.1) is 0 Å². The molecule has 3 aromatic rings. The largest absolute Gasteiger partial charge is 0.256 e. The van der Waals surface area contributed by atoms with Gasteiger partial charge in [0.05, 0.1) is 13.8 Å². The molecule has 1 aromatic heterocycles. The summed E-state index contributed by atoms with van der Waals surface area (Å²) >= 11 is 0. The summed E-state index contributed by atoms with van der Waals surface area (Å²) in [4.78, 5) is 4.69. The Bertz CT molecular complexity index is 817. The topological polar surface area (TPSA) is 12.9 Å². The van der Waals surface area contributed by atoms with E-state index >= 15 is 0 Å². The van der Waals surface area contributed by atoms with Gasteiger partial charge in [0, 0.05) is 17.3 Å². The van der Waals surface area contributed by atoms with Gasteiger partial charge in [0.1, 0.15) is 0 Å². The van der Waals surface area contributed by atoms with Crippen LogP contribution in [-0.2, 0) is 0 Å². The monoisotopic (exact) mass is 317 g/mol. The Hall–Kier alpha value is -2.19. The molecule has 0 saturated heterocycles. The van der Waals surface area contributed by atoms with E-state index in [0.717, 1.165) is 11.3 Å². The maximum absolute atomic E-state index is 4.69. The van der Waals surface area contributed by atoms with Crippen LogP contribution in [0.1, 0.15) is 5.56 Å². The van der Waals surface area contributed by atoms with E-state index in [1.807, 2.05) is 12.3 Å². The van der Waals surface area contributed by atoms with Crippen LogP contribution in [0.25, 0.3) is 22.4 Å². The van der Waals surface area contributed by atoms with Crippen molar-refractivity contribution in [3.05, 3.63) is 72.4 Å². The summed E-state index contributed by atoms with van der Waals surface area (Å²) in [6.45, 7) is 9.33. The van der Waals surface area contributed by atoms with Crippen molar-refractivity contribution in [1.82, 2.24) is 4.98 Å². The molecule has 0 bridgehead atoms. The average Bonchev–Trinajstić information content (AvgIpc) is 2.55. The van der Waals surface area contributed by atoms with E-state index in [1.54, 1.807) is 0 Å². The molecule has 0 unspecified atom stereocenters. The number of pyridine rings is 1. The molecular formula is C21H23NSi. The van der Waals surface area contributed by atoms with Gasteiger partial charge in [0.2, 0.25) is 0 Å². The summed E-state index contributed by atoms with van der Waals surface area (Å²) in [6.07, 6.45) is 2.01. The fourth-order valence-corrected chi connectivity index (χ4v) is 3.96. The van der Waals surface area contributed by atoms with E-state index in [2.05, 4.69) is 86.1 Å². The molecule has 0 aliphatic carbocycles. The average molecular weight is 318 g/mol. The van der Waals surface area contributed by atoms with Crippen molar-refractivity contribution in [2.24, 2.45) is 0 Å². The maximum Gasteiger partial charge on any atom is 0.0776 e. The van der Waals surface area contributed by atoms with E-state index in [9.17, 15) is 0 Å². The third kappa shape index (κ3) is 3.43. The minimum Gasteiger partial charge on any atom is -0.256 e. The lowest BCUT2D eigenvalue weighted by Crippen LogP contribution is -2.37. The van der Waals surface area contributed by atoms with Crippen molar-refractivity contribution in [2.45, 2.75) is 26.6 Å². The first-order valence-electron chi connectivity index (χ1n) is 8.08. The van der Waals surface area contributed by atoms with Crippen molar-refractivity contribution in [3.8, 4) is 22.4 Å². The lowest BCUT2D eigenvalue weighted by Gasteiger charge is -2.18. The predicted molar refractivity (Wildman–Crippen MR) is 103 cm³/mol. The highest BCUT2D eigenvalue weighted by Crippen LogP contribution is 2.26. The number of benzene rings is 2. The highest BCUT2D eigenvalue weighted by atomic mass is 28.3. The zero-order valence-electron chi connectivity index (χ0n) is 14.3. The van der Waals surface area contributed by atoms with Gasteiger partial charge in [-0.25, -0.2) is 0 Å². The fraction of sp³-hybridized carbons (Fsp3) is 0.190. The van der Waals surface area contributed by atoms with Gasteiger partial charge < -0.3 is 0 Å². The fourth-order valence-electron chi connectivity index (χ4n) is 2.78. The van der Waals surface area contributed by atoms with E-state index in [-0.39, 0.29) is 0 Å². The van der Waals surface area contributed by atoms with Crippen molar-refractivity contribution >= 4 is 13.3 Å². The number of aryl methyl sites for hydroxylation is 1. The lowest BCUT2D eigenvalue weighted by molar-refractivity contribution is 1.29. The molecule has 1 heterocycles. The van der Waals surface area contributed by atoms with Crippen molar-refractivity contribution in [2.75, 3.05) is 0 Å². The van der Waals surface area contributed by atoms with Gasteiger partial charge in [0.15, 0.2) is 0 Å². The number of aromatic nitrogens is 1. The quantitative estimate of drug-likeness (QED) is 0.600. The number of hydrogen-bond donors (Lipinski definition) is 0. The van der Waals surface area contributed by atoms with Gasteiger partial charge in [-0.3, -0.25) is 4.98 Å². The Balaban J connectivity index is 2.02. The highest BCUT2D eigenvalue weighted by Gasteiger charge is 2.17. The van der Waals surface area contributed by atoms with Gasteiger partial charge in [-0.1, -0.05) is 79.4 Å². The van der Waals surface area contributed by atoms with Crippen LogP contribution in [0, 0.1) is 6.92 Å². The molecule has 1 nitrogen and oxygen atoms in total. The highest BCUT2D eigenvalue weighted by molar-refractivity contribution is 6.88. The van der Waals surface area contributed by atoms with E-state index < -0.39 is 8.07 Å². The summed E-state index contributed by atoms with van der Waals surface area (Å²) in [6, 6.07) is 21.5. The van der Waals surface area contributed by atoms with Crippen LogP contribution in [0.15, 0.2) is 66.9 Å². The minimum absolute atomic E-state index is 1.04. The Kier molecular flexibility index (Phi) is 4.18. The molecule has 0 spiro atoms. The molecule has 0 aliphatic rings. The molecule has 2 aromatic carbocycles. The van der Waals surface area contributed by atoms with E-state index in [0.29, 0.717) is 0 Å². The Labute approximate surface area is 140 Å². The minimum atomic E-state index is -1.30. The first kappa shape index (κ1) is 15.7. The molecule has 0 saturated carbocycles. The third-order valence-corrected chi connectivity index (χ3v) is 6.26. The molecule has 0 amide bonds. The molecule has 23 heavy (non-hydrogen) atoms. The summed E-state index contributed by atoms with van der Waals surface area (Å²) in [5.74, 6) is 0. The smallest absolute Gasteiger partial charge is 0.0776 e. The van der Waals surface area contributed by atoms with Gasteiger partial charge in [0.25, 0.3) is 0 Å². The molecular weight excluding hydrogens is 294 g/mol. The summed E-state index contributed by atoms with van der Waals surface area (Å²) in [7, 11) is -1.30. The van der Waals surface area contributed by atoms with Crippen LogP contribution in [0.3, 0.4) is 0 Å². The molecule has 3 rings (SSSR count). The van der Waals surface area contributed by atoms with Crippen LogP contribution in [0.5, 0.6) is 0 Å². The zero-order valence-corrected chi connectivity index (χ0v) is 15.3. The van der Waals surface area contributed by atoms with Crippen LogP contribution in [-0.4, -0.2) is 13.1 Å². The van der Waals surface area contributed by atoms with Crippen LogP contribution in [0.4, 0.5) is 0 Å². The second-order valence-electron chi connectivity index (χ2n) is 7.08. The SMILES string of the molecule is Cc1cc(-c2ccccc2)ncc1-c1cccc([Si](C)(C)C)c1. The van der Waals surface area contributed by atoms with E-state index in [4.69, 9.17) is 0 Å². The van der Waals surface area contributed by atoms with Crippen LogP contribution in [0.2, 0.25) is 19.6 Å². The van der Waals surface area contributed by atoms with Gasteiger partial charge >= 0.3 is 0 Å². The molecule has 0 aliphatic heterocycles. The second-order valence-corrected chi connectivity index (χ2v) is 12.2. The normalized spacial score (nSPS) is 11.5. The third-order valence-electron chi connectivity index (χ3n) is 4.22. The molecule has 2 heteroatoms. The molecule has 0 fully saturated rings. The van der Waals surface area contributed by atoms with E-state index in [1.165, 1.54) is 21.9 Å². The standard InChI is InChI=1S/C21H23NSi/c1-16-13-21(17-9-6-5-7-10-17)22-15-20(16)18-11-8-12-19(14-18)23(2,3)4/h5-15H,1-4H3. The van der Waals surface area contributed by atoms with Gasteiger partial charge in [-0.2, -0.15) is 0 Å². The molecule has 116 valence electrons. The van der Waals surface area contributed by atoms with Crippen LogP contribution >= 0.6 is 0 Å². The Morgan fingerprint density at radius 3 is 2.13 bits per heavy atom. The van der Waals surface area contributed by atoms with Gasteiger partial charge in [-0.05, 0) is 24.1 Å². The predicted octanol–water partition coefficient (Wildman–Crippen LogP) is 5.27. The summed E-state index contributed by atoms with van der Waals surface area (Å²) < 4.78 is 0. The molecule has 0 N–H and O–H groups in total. The Morgan fingerprint density at radius 2 is 1.48 bits per heavy atom. The van der Waals surface area contributed by atoms with Crippen molar-refractivity contribution in [3.63, 3.8) is 0 Å². The number of hydrogen-bond acceptors (Lipinski definition) is 1. The lowest BCUT2D eigenvalue weighted by atomic mass is 10.0. The summed E-state index contributed by atoms with van der Waals surface area (Å²) in [5.41, 5.74) is 5.97. The number of nitrogens with zero attached hydrogens (tertiary/aromatic N) is 1. The Morgan fingerprint density at radius 1 is 0.783 bits per heavy atom. The number of rotatable bonds is 3. The van der Waals surface area contributed by atoms with Crippen LogP contribution < -0.4 is 5.19 Å². The second kappa shape index (κ2) is 6.13. The first-order valence-corrected chi connectivity index (χ1v) is 11.6. The zero-order chi connectivity index (χ0) is 16.4. The first-order chi connectivity index (χ1) is 10.9. The van der Waals surface area contributed by atoms with Crippen molar-refractivity contribution in [1.29, 1.82) is 0 Å². The van der Waals surface area contributed by atoms with Crippen molar-refractivity contribution < 1.29 is 0 Å². The summed E-state index contributed by atoms with van der Waals surface area (Å²) in [5, 5.41) is 1.49. The molecule has 0 radical (unpaired) electrons. The molecule has 0 atom stereocenters.